The molecule has 0 fully saturated rings. The third-order valence-electron chi connectivity index (χ3n) is 4.01. The molecule has 0 aliphatic carbocycles. The van der Waals surface area contributed by atoms with Gasteiger partial charge in [-0.1, -0.05) is 0 Å². The number of benzene rings is 1. The fourth-order valence-electron chi connectivity index (χ4n) is 2.59. The first kappa shape index (κ1) is 20.0. The Morgan fingerprint density at radius 3 is 2.24 bits per heavy atom. The molecule has 152 valence electrons. The smallest absolute Gasteiger partial charge is 0.433 e. The predicted molar refractivity (Wildman–Crippen MR) is 94.1 cm³/mol. The van der Waals surface area contributed by atoms with Crippen LogP contribution in [0.4, 0.5) is 18.9 Å². The van der Waals surface area contributed by atoms with Crippen LogP contribution in [0.25, 0.3) is 17.2 Å². The molecule has 0 N–H and O–H groups in total. The molecule has 0 aliphatic rings. The average molecular weight is 409 g/mol. The predicted octanol–water partition coefficient (Wildman–Crippen LogP) is 3.58. The van der Waals surface area contributed by atoms with Gasteiger partial charge in [0.15, 0.2) is 5.69 Å². The summed E-state index contributed by atoms with van der Waals surface area (Å²) in [6.45, 7) is 1.31. The van der Waals surface area contributed by atoms with Gasteiger partial charge in [-0.2, -0.15) is 17.9 Å². The van der Waals surface area contributed by atoms with Gasteiger partial charge in [0.1, 0.15) is 11.4 Å². The highest BCUT2D eigenvalue weighted by Crippen LogP contribution is 2.34. The molecule has 29 heavy (non-hydrogen) atoms. The van der Waals surface area contributed by atoms with Crippen LogP contribution >= 0.6 is 0 Å². The van der Waals surface area contributed by atoms with E-state index in [9.17, 15) is 23.3 Å². The molecule has 12 heteroatoms. The molecule has 0 bridgehead atoms. The summed E-state index contributed by atoms with van der Waals surface area (Å²) in [6.07, 6.45) is -4.77. The zero-order chi connectivity index (χ0) is 21.3. The second kappa shape index (κ2) is 7.37. The van der Waals surface area contributed by atoms with Gasteiger partial charge in [-0.15, -0.1) is 5.10 Å². The molecule has 0 saturated carbocycles. The zero-order valence-corrected chi connectivity index (χ0v) is 15.4. The van der Waals surface area contributed by atoms with Crippen molar-refractivity contribution >= 4 is 5.69 Å². The van der Waals surface area contributed by atoms with E-state index in [1.165, 1.54) is 26.2 Å². The summed E-state index contributed by atoms with van der Waals surface area (Å²) >= 11 is 0. The van der Waals surface area contributed by atoms with Gasteiger partial charge in [-0.25, -0.2) is 9.97 Å². The minimum atomic E-state index is -4.77. The first-order valence-corrected chi connectivity index (χ1v) is 8.04. The van der Waals surface area contributed by atoms with E-state index in [-0.39, 0.29) is 17.3 Å². The van der Waals surface area contributed by atoms with Crippen molar-refractivity contribution in [2.45, 2.75) is 13.1 Å². The molecule has 0 unspecified atom stereocenters. The summed E-state index contributed by atoms with van der Waals surface area (Å²) in [5, 5.41) is 15.1. The molecular formula is C17H14F3N5O4. The van der Waals surface area contributed by atoms with Crippen molar-refractivity contribution in [3.8, 4) is 28.8 Å². The number of nitrogens with zero attached hydrogens (tertiary/aromatic N) is 5. The molecule has 0 atom stereocenters. The zero-order valence-electron chi connectivity index (χ0n) is 15.4. The van der Waals surface area contributed by atoms with E-state index in [0.29, 0.717) is 11.3 Å². The minimum absolute atomic E-state index is 0.0403. The lowest BCUT2D eigenvalue weighted by Gasteiger charge is -2.11. The van der Waals surface area contributed by atoms with Crippen molar-refractivity contribution in [1.82, 2.24) is 19.7 Å². The van der Waals surface area contributed by atoms with E-state index in [1.807, 2.05) is 0 Å². The van der Waals surface area contributed by atoms with Crippen molar-refractivity contribution in [2.24, 2.45) is 0 Å². The number of ether oxygens (including phenoxy) is 2. The van der Waals surface area contributed by atoms with Crippen LogP contribution in [0.1, 0.15) is 11.4 Å². The van der Waals surface area contributed by atoms with Crippen molar-refractivity contribution in [3.05, 3.63) is 51.8 Å². The van der Waals surface area contributed by atoms with E-state index >= 15 is 0 Å². The Hall–Kier alpha value is -3.70. The molecule has 0 saturated heterocycles. The molecule has 0 radical (unpaired) electrons. The first-order valence-electron chi connectivity index (χ1n) is 8.04. The second-order valence-corrected chi connectivity index (χ2v) is 5.78. The number of hydrogen-bond acceptors (Lipinski definition) is 7. The molecule has 2 heterocycles. The van der Waals surface area contributed by atoms with Crippen LogP contribution in [0.3, 0.4) is 0 Å². The summed E-state index contributed by atoms with van der Waals surface area (Å²) < 4.78 is 51.0. The standard InChI is InChI=1S/C17H14F3N5O4/c1-9-14(25(26)27)15(29-3)23-24(9)16-21-12(8-13(22-16)17(18,19)20)10-4-6-11(28-2)7-5-10/h4-8H,1-3H3. The van der Waals surface area contributed by atoms with Gasteiger partial charge in [0.25, 0.3) is 5.95 Å². The average Bonchev–Trinajstić information content (AvgIpc) is 3.03. The Morgan fingerprint density at radius 2 is 1.76 bits per heavy atom. The van der Waals surface area contributed by atoms with Crippen LogP contribution in [-0.2, 0) is 6.18 Å². The number of halogens is 3. The third kappa shape index (κ3) is 3.81. The number of alkyl halides is 3. The SMILES string of the molecule is COc1ccc(-c2cc(C(F)(F)F)nc(-n3nc(OC)c([N+](=O)[O-])c3C)n2)cc1. The van der Waals surface area contributed by atoms with Crippen LogP contribution in [0.15, 0.2) is 30.3 Å². The topological polar surface area (TPSA) is 105 Å². The van der Waals surface area contributed by atoms with Crippen LogP contribution in [0, 0.1) is 17.0 Å². The molecule has 2 aromatic heterocycles. The highest BCUT2D eigenvalue weighted by molar-refractivity contribution is 5.61. The molecular weight excluding hydrogens is 395 g/mol. The maximum absolute atomic E-state index is 13.4. The Labute approximate surface area is 161 Å². The summed E-state index contributed by atoms with van der Waals surface area (Å²) in [7, 11) is 2.62. The van der Waals surface area contributed by atoms with Gasteiger partial charge in [0.05, 0.1) is 24.8 Å². The van der Waals surface area contributed by atoms with Gasteiger partial charge < -0.3 is 9.47 Å². The third-order valence-corrected chi connectivity index (χ3v) is 4.01. The Bertz CT molecular complexity index is 1060. The Balaban J connectivity index is 2.23. The van der Waals surface area contributed by atoms with E-state index in [1.54, 1.807) is 12.1 Å². The number of hydrogen-bond donors (Lipinski definition) is 0. The Kier molecular flexibility index (Phi) is 5.10. The lowest BCUT2D eigenvalue weighted by atomic mass is 10.1. The van der Waals surface area contributed by atoms with Gasteiger partial charge in [-0.05, 0) is 37.3 Å². The maximum atomic E-state index is 13.4. The van der Waals surface area contributed by atoms with Gasteiger partial charge in [0, 0.05) is 5.56 Å². The molecule has 0 spiro atoms. The van der Waals surface area contributed by atoms with Crippen LogP contribution in [-0.4, -0.2) is 38.9 Å². The normalized spacial score (nSPS) is 11.4. The number of rotatable bonds is 5. The summed E-state index contributed by atoms with van der Waals surface area (Å²) in [5.74, 6) is -0.323. The molecule has 1 aromatic carbocycles. The van der Waals surface area contributed by atoms with Crippen molar-refractivity contribution in [3.63, 3.8) is 0 Å². The number of nitro groups is 1. The highest BCUT2D eigenvalue weighted by Gasteiger charge is 2.35. The highest BCUT2D eigenvalue weighted by atomic mass is 19.4. The second-order valence-electron chi connectivity index (χ2n) is 5.78. The van der Waals surface area contributed by atoms with E-state index in [0.717, 1.165) is 17.9 Å². The molecule has 3 rings (SSSR count). The fraction of sp³-hybridized carbons (Fsp3) is 0.235. The van der Waals surface area contributed by atoms with Crippen LogP contribution < -0.4 is 9.47 Å². The van der Waals surface area contributed by atoms with Gasteiger partial charge in [-0.3, -0.25) is 10.1 Å². The number of methoxy groups -OCH3 is 2. The molecule has 3 aromatic rings. The van der Waals surface area contributed by atoms with Crippen molar-refractivity contribution in [2.75, 3.05) is 14.2 Å². The molecule has 0 aliphatic heterocycles. The summed E-state index contributed by atoms with van der Waals surface area (Å²) in [6, 6.07) is 6.98. The minimum Gasteiger partial charge on any atom is -0.497 e. The monoisotopic (exact) mass is 409 g/mol. The van der Waals surface area contributed by atoms with Crippen molar-refractivity contribution < 1.29 is 27.6 Å². The van der Waals surface area contributed by atoms with E-state index in [4.69, 9.17) is 9.47 Å². The quantitative estimate of drug-likeness (QED) is 0.468. The van der Waals surface area contributed by atoms with E-state index in [2.05, 4.69) is 15.1 Å². The lowest BCUT2D eigenvalue weighted by molar-refractivity contribution is -0.386. The van der Waals surface area contributed by atoms with Gasteiger partial charge in [0.2, 0.25) is 0 Å². The first-order chi connectivity index (χ1) is 13.7. The van der Waals surface area contributed by atoms with Crippen LogP contribution in [0.2, 0.25) is 0 Å². The largest absolute Gasteiger partial charge is 0.497 e. The summed E-state index contributed by atoms with van der Waals surface area (Å²) in [4.78, 5) is 18.1. The Morgan fingerprint density at radius 1 is 1.10 bits per heavy atom. The molecule has 0 amide bonds. The summed E-state index contributed by atoms with van der Waals surface area (Å²) in [5.41, 5.74) is -1.45. The van der Waals surface area contributed by atoms with Crippen LogP contribution in [0.5, 0.6) is 11.6 Å². The lowest BCUT2D eigenvalue weighted by Crippen LogP contribution is -2.14. The number of aromatic nitrogens is 4. The van der Waals surface area contributed by atoms with E-state index < -0.39 is 28.4 Å². The molecule has 9 nitrogen and oxygen atoms in total. The fourth-order valence-corrected chi connectivity index (χ4v) is 2.59. The maximum Gasteiger partial charge on any atom is 0.433 e. The van der Waals surface area contributed by atoms with Crippen molar-refractivity contribution in [1.29, 1.82) is 0 Å². The van der Waals surface area contributed by atoms with Gasteiger partial charge >= 0.3 is 17.7 Å².